The van der Waals surface area contributed by atoms with Gasteiger partial charge in [0.15, 0.2) is 0 Å². The number of hydrogen-bond donors (Lipinski definition) is 1. The van der Waals surface area contributed by atoms with Gasteiger partial charge in [0.1, 0.15) is 11.6 Å². The summed E-state index contributed by atoms with van der Waals surface area (Å²) in [7, 11) is 1.73. The maximum absolute atomic E-state index is 5.56. The molecular weight excluding hydrogens is 410 g/mol. The molecule has 1 aliphatic rings. The minimum absolute atomic E-state index is 0.139. The van der Waals surface area contributed by atoms with Crippen LogP contribution in [0.1, 0.15) is 18.5 Å². The highest BCUT2D eigenvalue weighted by molar-refractivity contribution is 5.90. The van der Waals surface area contributed by atoms with Crippen molar-refractivity contribution in [3.05, 3.63) is 84.4 Å². The summed E-state index contributed by atoms with van der Waals surface area (Å²) in [5.41, 5.74) is 3.32. The van der Waals surface area contributed by atoms with Gasteiger partial charge in [-0.15, -0.1) is 0 Å². The van der Waals surface area contributed by atoms with Gasteiger partial charge in [-0.3, -0.25) is 0 Å². The number of rotatable bonds is 6. The van der Waals surface area contributed by atoms with Crippen LogP contribution in [0.3, 0.4) is 0 Å². The van der Waals surface area contributed by atoms with E-state index in [0.717, 1.165) is 60.3 Å². The highest BCUT2D eigenvalue weighted by Gasteiger charge is 2.22. The van der Waals surface area contributed by atoms with E-state index >= 15 is 0 Å². The molecule has 33 heavy (non-hydrogen) atoms. The molecule has 1 fully saturated rings. The molecule has 168 valence electrons. The second-order valence-corrected chi connectivity index (χ2v) is 8.31. The zero-order valence-electron chi connectivity index (χ0n) is 19.1. The normalized spacial score (nSPS) is 14.8. The van der Waals surface area contributed by atoms with Crippen LogP contribution in [0.4, 0.5) is 17.5 Å². The summed E-state index contributed by atoms with van der Waals surface area (Å²) in [6.07, 6.45) is 0. The Morgan fingerprint density at radius 1 is 0.788 bits per heavy atom. The van der Waals surface area contributed by atoms with Crippen LogP contribution >= 0.6 is 0 Å². The van der Waals surface area contributed by atoms with Crippen LogP contribution in [0.15, 0.2) is 78.9 Å². The minimum Gasteiger partial charge on any atom is -0.495 e. The minimum atomic E-state index is 0.139. The van der Waals surface area contributed by atoms with E-state index in [2.05, 4.69) is 70.6 Å². The van der Waals surface area contributed by atoms with E-state index in [1.54, 1.807) is 7.11 Å². The average Bonchev–Trinajstić information content (AvgIpc) is 2.89. The number of nitrogens with one attached hydrogen (secondary N) is 1. The van der Waals surface area contributed by atoms with Crippen LogP contribution in [0.5, 0.6) is 5.75 Å². The van der Waals surface area contributed by atoms with Crippen molar-refractivity contribution >= 4 is 28.4 Å². The summed E-state index contributed by atoms with van der Waals surface area (Å²) in [5.74, 6) is 2.56. The van der Waals surface area contributed by atoms with Gasteiger partial charge in [-0.2, -0.15) is 4.98 Å². The first kappa shape index (κ1) is 21.1. The van der Waals surface area contributed by atoms with E-state index in [0.29, 0.717) is 0 Å². The second kappa shape index (κ2) is 9.36. The van der Waals surface area contributed by atoms with Crippen LogP contribution in [0.2, 0.25) is 0 Å². The third kappa shape index (κ3) is 4.42. The monoisotopic (exact) mass is 439 g/mol. The largest absolute Gasteiger partial charge is 0.495 e. The summed E-state index contributed by atoms with van der Waals surface area (Å²) in [4.78, 5) is 14.5. The van der Waals surface area contributed by atoms with E-state index in [9.17, 15) is 0 Å². The molecule has 5 rings (SSSR count). The van der Waals surface area contributed by atoms with Crippen LogP contribution in [0.25, 0.3) is 10.9 Å². The van der Waals surface area contributed by atoms with Gasteiger partial charge in [-0.1, -0.05) is 54.6 Å². The third-order valence-corrected chi connectivity index (χ3v) is 6.23. The van der Waals surface area contributed by atoms with E-state index in [1.807, 2.05) is 30.3 Å². The molecule has 4 aromatic rings. The van der Waals surface area contributed by atoms with Crippen LogP contribution in [0, 0.1) is 0 Å². The Kier molecular flexibility index (Phi) is 5.98. The maximum atomic E-state index is 5.56. The fraction of sp³-hybridized carbons (Fsp3) is 0.259. The van der Waals surface area contributed by atoms with Gasteiger partial charge in [0, 0.05) is 37.6 Å². The number of fused-ring (bicyclic) bond motifs is 1. The molecule has 6 nitrogen and oxygen atoms in total. The van der Waals surface area contributed by atoms with Gasteiger partial charge in [0.05, 0.1) is 18.3 Å². The molecule has 2 heterocycles. The molecule has 0 radical (unpaired) electrons. The number of nitrogens with zero attached hydrogens (tertiary/aromatic N) is 4. The summed E-state index contributed by atoms with van der Waals surface area (Å²) in [5, 5.41) is 4.66. The molecule has 0 saturated carbocycles. The van der Waals surface area contributed by atoms with Crippen molar-refractivity contribution in [3.8, 4) is 5.75 Å². The first-order valence-corrected chi connectivity index (χ1v) is 11.4. The lowest BCUT2D eigenvalue weighted by Gasteiger charge is -2.36. The van der Waals surface area contributed by atoms with Gasteiger partial charge in [0.2, 0.25) is 5.95 Å². The molecule has 1 atom stereocenters. The van der Waals surface area contributed by atoms with Crippen molar-refractivity contribution in [2.75, 3.05) is 48.4 Å². The molecule has 6 heteroatoms. The summed E-state index contributed by atoms with van der Waals surface area (Å²) >= 11 is 0. The quantitative estimate of drug-likeness (QED) is 0.449. The molecule has 3 aromatic carbocycles. The highest BCUT2D eigenvalue weighted by Crippen LogP contribution is 2.30. The van der Waals surface area contributed by atoms with Crippen LogP contribution in [-0.4, -0.2) is 43.3 Å². The first-order chi connectivity index (χ1) is 16.2. The Hall–Kier alpha value is -3.80. The smallest absolute Gasteiger partial charge is 0.228 e. The van der Waals surface area contributed by atoms with Crippen molar-refractivity contribution in [2.45, 2.75) is 13.0 Å². The maximum Gasteiger partial charge on any atom is 0.228 e. The number of ether oxygens (including phenoxy) is 1. The molecule has 1 aliphatic heterocycles. The number of anilines is 3. The number of benzene rings is 3. The van der Waals surface area contributed by atoms with Crippen LogP contribution < -0.4 is 19.9 Å². The van der Waals surface area contributed by atoms with Gasteiger partial charge in [-0.25, -0.2) is 4.98 Å². The highest BCUT2D eigenvalue weighted by atomic mass is 16.5. The van der Waals surface area contributed by atoms with Crippen molar-refractivity contribution in [1.82, 2.24) is 9.97 Å². The van der Waals surface area contributed by atoms with Gasteiger partial charge in [0.25, 0.3) is 0 Å². The SMILES string of the molecule is COc1ccccc1N1CCN(c2nc(NC(C)c3ccccc3)c3ccccc3n2)CC1. The number of hydrogen-bond acceptors (Lipinski definition) is 6. The summed E-state index contributed by atoms with van der Waals surface area (Å²) in [6.45, 7) is 5.64. The molecular formula is C27H29N5O. The third-order valence-electron chi connectivity index (χ3n) is 6.23. The zero-order chi connectivity index (χ0) is 22.6. The Labute approximate surface area is 194 Å². The molecule has 1 unspecified atom stereocenters. The summed E-state index contributed by atoms with van der Waals surface area (Å²) in [6, 6.07) is 27.0. The van der Waals surface area contributed by atoms with Gasteiger partial charge in [-0.05, 0) is 36.8 Å². The van der Waals surface area contributed by atoms with Gasteiger partial charge >= 0.3 is 0 Å². The lowest BCUT2D eigenvalue weighted by molar-refractivity contribution is 0.413. The van der Waals surface area contributed by atoms with E-state index in [4.69, 9.17) is 14.7 Å². The van der Waals surface area contributed by atoms with E-state index in [1.165, 1.54) is 5.56 Å². The molecule has 1 aromatic heterocycles. The van der Waals surface area contributed by atoms with E-state index in [-0.39, 0.29) is 6.04 Å². The molecule has 0 aliphatic carbocycles. The number of piperazine rings is 1. The van der Waals surface area contributed by atoms with Crippen molar-refractivity contribution in [2.24, 2.45) is 0 Å². The van der Waals surface area contributed by atoms with Crippen LogP contribution in [-0.2, 0) is 0 Å². The second-order valence-electron chi connectivity index (χ2n) is 8.31. The molecule has 0 bridgehead atoms. The molecule has 1 N–H and O–H groups in total. The van der Waals surface area contributed by atoms with Crippen molar-refractivity contribution in [1.29, 1.82) is 0 Å². The fourth-order valence-electron chi connectivity index (χ4n) is 4.38. The molecule has 1 saturated heterocycles. The number of aromatic nitrogens is 2. The van der Waals surface area contributed by atoms with Crippen molar-refractivity contribution in [3.63, 3.8) is 0 Å². The molecule has 0 amide bonds. The standard InChI is InChI=1S/C27H29N5O/c1-20(21-10-4-3-5-11-21)28-26-22-12-6-7-13-23(22)29-27(30-26)32-18-16-31(17-19-32)24-14-8-9-15-25(24)33-2/h3-15,20H,16-19H2,1-2H3,(H,28,29,30). The van der Waals surface area contributed by atoms with Crippen molar-refractivity contribution < 1.29 is 4.74 Å². The number of para-hydroxylation sites is 3. The lowest BCUT2D eigenvalue weighted by atomic mass is 10.1. The first-order valence-electron chi connectivity index (χ1n) is 11.4. The molecule has 0 spiro atoms. The van der Waals surface area contributed by atoms with E-state index < -0.39 is 0 Å². The Morgan fingerprint density at radius 3 is 2.24 bits per heavy atom. The predicted octanol–water partition coefficient (Wildman–Crippen LogP) is 5.14. The Bertz CT molecular complexity index is 1220. The average molecular weight is 440 g/mol. The summed E-state index contributed by atoms with van der Waals surface area (Å²) < 4.78 is 5.56. The zero-order valence-corrected chi connectivity index (χ0v) is 19.1. The Morgan fingerprint density at radius 2 is 1.45 bits per heavy atom. The number of methoxy groups -OCH3 is 1. The van der Waals surface area contributed by atoms with Gasteiger partial charge < -0.3 is 19.9 Å². The Balaban J connectivity index is 1.39. The lowest BCUT2D eigenvalue weighted by Crippen LogP contribution is -2.47. The predicted molar refractivity (Wildman–Crippen MR) is 135 cm³/mol. The fourth-order valence-corrected chi connectivity index (χ4v) is 4.38. The topological polar surface area (TPSA) is 53.5 Å².